The number of hydrogen-bond acceptors (Lipinski definition) is 3. The summed E-state index contributed by atoms with van der Waals surface area (Å²) in [5.41, 5.74) is -0.471. The maximum Gasteiger partial charge on any atom is 0.226 e. The van der Waals surface area contributed by atoms with Gasteiger partial charge >= 0.3 is 0 Å². The molecule has 0 saturated heterocycles. The first-order valence-electron chi connectivity index (χ1n) is 9.85. The van der Waals surface area contributed by atoms with Gasteiger partial charge in [-0.1, -0.05) is 61.8 Å². The molecule has 2 atom stereocenters. The first-order valence-corrected chi connectivity index (χ1v) is 10.4. The van der Waals surface area contributed by atoms with Gasteiger partial charge in [-0.05, 0) is 39.0 Å². The Balaban J connectivity index is 0. The van der Waals surface area contributed by atoms with Gasteiger partial charge in [-0.15, -0.1) is 0 Å². The quantitative estimate of drug-likeness (QED) is 0.468. The van der Waals surface area contributed by atoms with E-state index in [0.29, 0.717) is 6.61 Å². The van der Waals surface area contributed by atoms with E-state index in [1.807, 2.05) is 41.5 Å². The van der Waals surface area contributed by atoms with Crippen LogP contribution in [0.3, 0.4) is 0 Å². The summed E-state index contributed by atoms with van der Waals surface area (Å²) in [6.07, 6.45) is 2.85. The minimum Gasteiger partial charge on any atom is -0.377 e. The molecule has 0 bridgehead atoms. The maximum absolute atomic E-state index is 12.7. The topological polar surface area (TPSA) is 38.3 Å². The van der Waals surface area contributed by atoms with Crippen LogP contribution in [0.1, 0.15) is 95.4 Å². The number of amides is 1. The van der Waals surface area contributed by atoms with Crippen molar-refractivity contribution in [1.82, 2.24) is 5.32 Å². The van der Waals surface area contributed by atoms with Gasteiger partial charge in [0.25, 0.3) is 0 Å². The molecule has 1 N–H and O–H groups in total. The summed E-state index contributed by atoms with van der Waals surface area (Å²) in [4.78, 5) is 12.7. The van der Waals surface area contributed by atoms with Crippen LogP contribution < -0.4 is 5.32 Å². The van der Waals surface area contributed by atoms with E-state index in [1.54, 1.807) is 0 Å². The minimum atomic E-state index is -0.370. The Labute approximate surface area is 163 Å². The fourth-order valence-electron chi connectivity index (χ4n) is 2.58. The second-order valence-corrected chi connectivity index (χ2v) is 9.80. The Kier molecular flexibility index (Phi) is 12.4. The smallest absolute Gasteiger partial charge is 0.226 e. The van der Waals surface area contributed by atoms with E-state index < -0.39 is 0 Å². The summed E-state index contributed by atoms with van der Waals surface area (Å²) in [5.74, 6) is 0.125. The number of ether oxygens (including phenoxy) is 1. The Morgan fingerprint density at radius 1 is 1.08 bits per heavy atom. The first kappa shape index (κ1) is 27.0. The second kappa shape index (κ2) is 11.5. The van der Waals surface area contributed by atoms with Crippen molar-refractivity contribution in [1.29, 1.82) is 0 Å². The Bertz CT molecular complexity index is 376. The molecule has 2 unspecified atom stereocenters. The molecule has 1 amide bonds. The van der Waals surface area contributed by atoms with Gasteiger partial charge in [0, 0.05) is 22.8 Å². The van der Waals surface area contributed by atoms with E-state index in [1.165, 1.54) is 0 Å². The molecule has 0 radical (unpaired) electrons. The highest BCUT2D eigenvalue weighted by Crippen LogP contribution is 2.36. The summed E-state index contributed by atoms with van der Waals surface area (Å²) in [5, 5.41) is 3.42. The first-order chi connectivity index (χ1) is 11.2. The number of carbonyl (C=O) groups excluding carboxylic acids is 1. The predicted molar refractivity (Wildman–Crippen MR) is 115 cm³/mol. The Hall–Kier alpha value is -0.220. The van der Waals surface area contributed by atoms with E-state index >= 15 is 0 Å². The van der Waals surface area contributed by atoms with Gasteiger partial charge in [0.15, 0.2) is 0 Å². The molecule has 0 spiro atoms. The lowest BCUT2D eigenvalue weighted by molar-refractivity contribution is -0.133. The van der Waals surface area contributed by atoms with Gasteiger partial charge in [-0.25, -0.2) is 0 Å². The third-order valence-electron chi connectivity index (χ3n) is 4.73. The molecule has 0 aliphatic heterocycles. The van der Waals surface area contributed by atoms with Crippen LogP contribution in [0.25, 0.3) is 0 Å². The van der Waals surface area contributed by atoms with Crippen molar-refractivity contribution in [3.8, 4) is 0 Å². The zero-order valence-electron chi connectivity index (χ0n) is 18.7. The standard InChI is InChI=1S/C19H39NO2S.C2H6/c1-10-17(4,5)13-18(6,7)16(21)20-19(8,9)11-12-22-14(2)15(3)23;1-2/h14-15,23H,10-13H2,1-9H3,(H,20,21);1-2H3. The van der Waals surface area contributed by atoms with Gasteiger partial charge < -0.3 is 10.1 Å². The lowest BCUT2D eigenvalue weighted by Gasteiger charge is -2.36. The molecule has 4 heteroatoms. The average molecular weight is 376 g/mol. The Morgan fingerprint density at radius 2 is 1.56 bits per heavy atom. The second-order valence-electron chi connectivity index (χ2n) is 8.98. The summed E-state index contributed by atoms with van der Waals surface area (Å²) in [6.45, 7) is 23.5. The summed E-state index contributed by atoms with van der Waals surface area (Å²) >= 11 is 4.39. The Morgan fingerprint density at radius 3 is 1.96 bits per heavy atom. The highest BCUT2D eigenvalue weighted by atomic mass is 32.1. The number of hydrogen-bond donors (Lipinski definition) is 2. The summed E-state index contributed by atoms with van der Waals surface area (Å²) in [6, 6.07) is 0. The van der Waals surface area contributed by atoms with E-state index in [2.05, 4.69) is 52.6 Å². The van der Waals surface area contributed by atoms with Crippen LogP contribution in [-0.2, 0) is 9.53 Å². The number of rotatable bonds is 10. The number of nitrogens with one attached hydrogen (secondary N) is 1. The molecular weight excluding hydrogens is 330 g/mol. The molecule has 0 aliphatic rings. The molecule has 0 saturated carbocycles. The van der Waals surface area contributed by atoms with Gasteiger partial charge in [0.2, 0.25) is 5.91 Å². The fourth-order valence-corrected chi connectivity index (χ4v) is 2.67. The highest BCUT2D eigenvalue weighted by molar-refractivity contribution is 7.81. The van der Waals surface area contributed by atoms with Crippen molar-refractivity contribution in [2.75, 3.05) is 6.61 Å². The molecule has 0 fully saturated rings. The van der Waals surface area contributed by atoms with E-state index in [9.17, 15) is 4.79 Å². The molecule has 25 heavy (non-hydrogen) atoms. The molecular formula is C21H45NO2S. The molecule has 0 aliphatic carbocycles. The summed E-state index contributed by atoms with van der Waals surface area (Å²) in [7, 11) is 0. The highest BCUT2D eigenvalue weighted by Gasteiger charge is 2.36. The average Bonchev–Trinajstić information content (AvgIpc) is 2.47. The fraction of sp³-hybridized carbons (Fsp3) is 0.952. The minimum absolute atomic E-state index is 0.117. The van der Waals surface area contributed by atoms with Crippen molar-refractivity contribution >= 4 is 18.5 Å². The zero-order chi connectivity index (χ0) is 20.5. The predicted octanol–water partition coefficient (Wildman–Crippen LogP) is 5.87. The number of carbonyl (C=O) groups is 1. The molecule has 3 nitrogen and oxygen atoms in total. The molecule has 0 aromatic rings. The van der Waals surface area contributed by atoms with Crippen LogP contribution in [0.15, 0.2) is 0 Å². The van der Waals surface area contributed by atoms with Gasteiger partial charge in [0.1, 0.15) is 0 Å². The molecule has 0 heterocycles. The molecule has 152 valence electrons. The van der Waals surface area contributed by atoms with Crippen molar-refractivity contribution in [3.63, 3.8) is 0 Å². The SMILES string of the molecule is CC.CCC(C)(C)CC(C)(C)C(=O)NC(C)(C)CCOC(C)C(C)S. The van der Waals surface area contributed by atoms with Crippen LogP contribution >= 0.6 is 12.6 Å². The zero-order valence-corrected chi connectivity index (χ0v) is 19.6. The van der Waals surface area contributed by atoms with E-state index in [0.717, 1.165) is 19.3 Å². The normalized spacial score (nSPS) is 15.0. The van der Waals surface area contributed by atoms with Gasteiger partial charge in [-0.2, -0.15) is 12.6 Å². The monoisotopic (exact) mass is 375 g/mol. The largest absolute Gasteiger partial charge is 0.377 e. The van der Waals surface area contributed by atoms with Gasteiger partial charge in [-0.3, -0.25) is 4.79 Å². The van der Waals surface area contributed by atoms with Crippen LogP contribution in [0, 0.1) is 10.8 Å². The lowest BCUT2D eigenvalue weighted by Crippen LogP contribution is -2.50. The third kappa shape index (κ3) is 11.9. The van der Waals surface area contributed by atoms with Crippen molar-refractivity contribution in [3.05, 3.63) is 0 Å². The van der Waals surface area contributed by atoms with E-state index in [-0.39, 0.29) is 33.6 Å². The van der Waals surface area contributed by atoms with Gasteiger partial charge in [0.05, 0.1) is 6.10 Å². The van der Waals surface area contributed by atoms with Crippen molar-refractivity contribution in [2.45, 2.75) is 112 Å². The van der Waals surface area contributed by atoms with E-state index in [4.69, 9.17) is 4.74 Å². The third-order valence-corrected chi connectivity index (χ3v) is 5.15. The maximum atomic E-state index is 12.7. The van der Waals surface area contributed by atoms with Crippen molar-refractivity contribution in [2.24, 2.45) is 10.8 Å². The van der Waals surface area contributed by atoms with Crippen molar-refractivity contribution < 1.29 is 9.53 Å². The van der Waals surface area contributed by atoms with Crippen LogP contribution in [-0.4, -0.2) is 29.4 Å². The van der Waals surface area contributed by atoms with Crippen LogP contribution in [0.4, 0.5) is 0 Å². The van der Waals surface area contributed by atoms with Crippen LogP contribution in [0.5, 0.6) is 0 Å². The molecule has 0 aromatic heterocycles. The molecule has 0 rings (SSSR count). The van der Waals surface area contributed by atoms with Crippen LogP contribution in [0.2, 0.25) is 0 Å². The number of thiol groups is 1. The molecule has 0 aromatic carbocycles. The lowest BCUT2D eigenvalue weighted by atomic mass is 9.73. The summed E-state index contributed by atoms with van der Waals surface area (Å²) < 4.78 is 5.78.